The Morgan fingerprint density at radius 1 is 0.386 bits per heavy atom. The molecule has 8 rings (SSSR count). The Morgan fingerprint density at radius 3 is 1.18 bits per heavy atom. The highest BCUT2D eigenvalue weighted by atomic mass is 32.1. The van der Waals surface area contributed by atoms with Crippen LogP contribution < -0.4 is 0 Å². The van der Waals surface area contributed by atoms with E-state index in [0.29, 0.717) is 21.1 Å². The largest absolute Gasteiger partial charge is 0.244 e. The standard InChI is InChI=1S/C30H12F4N4S6/c31-15-5-13(6-16(32)9-15)25-35-11-23(41-25)19-1-3-21(39-19)27-37-29-30(43-27)38-28(44-29)22-4-2-20(40-22)24-12-36-26(42-24)14-7-17(33)10-18(34)8-14/h1-12H. The molecule has 0 spiro atoms. The van der Waals surface area contributed by atoms with E-state index in [1.54, 1.807) is 35.1 Å². The molecule has 0 atom stereocenters. The van der Waals surface area contributed by atoms with Crippen molar-refractivity contribution in [2.24, 2.45) is 0 Å². The van der Waals surface area contributed by atoms with Gasteiger partial charge in [0.2, 0.25) is 0 Å². The Balaban J connectivity index is 1.01. The van der Waals surface area contributed by atoms with E-state index in [2.05, 4.69) is 9.97 Å². The van der Waals surface area contributed by atoms with Gasteiger partial charge in [0.15, 0.2) is 9.66 Å². The van der Waals surface area contributed by atoms with Gasteiger partial charge in [0, 0.05) is 45.4 Å². The van der Waals surface area contributed by atoms with Crippen LogP contribution in [0.2, 0.25) is 0 Å². The van der Waals surface area contributed by atoms with Crippen LogP contribution in [0.5, 0.6) is 0 Å². The zero-order valence-corrected chi connectivity index (χ0v) is 26.6. The number of benzene rings is 2. The predicted octanol–water partition coefficient (Wildman–Crippen LogP) is 11.3. The van der Waals surface area contributed by atoms with Crippen molar-refractivity contribution in [3.8, 4) is 60.4 Å². The number of rotatable bonds is 6. The fraction of sp³-hybridized carbons (Fsp3) is 0. The van der Waals surface area contributed by atoms with Crippen LogP contribution in [0.3, 0.4) is 0 Å². The summed E-state index contributed by atoms with van der Waals surface area (Å²) in [5.74, 6) is -2.54. The third kappa shape index (κ3) is 5.31. The van der Waals surface area contributed by atoms with Crippen molar-refractivity contribution in [2.45, 2.75) is 0 Å². The number of thiophene rings is 2. The van der Waals surface area contributed by atoms with Gasteiger partial charge in [0.1, 0.15) is 43.3 Å². The minimum absolute atomic E-state index is 0.410. The molecule has 6 heterocycles. The fourth-order valence-corrected chi connectivity index (χ4v) is 10.5. The number of halogens is 4. The van der Waals surface area contributed by atoms with Crippen LogP contribution in [0.15, 0.2) is 73.1 Å². The summed E-state index contributed by atoms with van der Waals surface area (Å²) in [4.78, 5) is 26.0. The second-order valence-corrected chi connectivity index (χ2v) is 15.5. The maximum absolute atomic E-state index is 13.7. The molecular weight excluding hydrogens is 685 g/mol. The van der Waals surface area contributed by atoms with Gasteiger partial charge in [-0.05, 0) is 48.5 Å². The van der Waals surface area contributed by atoms with Crippen molar-refractivity contribution in [1.82, 2.24) is 19.9 Å². The van der Waals surface area contributed by atoms with Gasteiger partial charge in [-0.25, -0.2) is 37.5 Å². The van der Waals surface area contributed by atoms with Crippen molar-refractivity contribution >= 4 is 77.7 Å². The third-order valence-corrected chi connectivity index (χ3v) is 13.3. The van der Waals surface area contributed by atoms with Gasteiger partial charge in [-0.15, -0.1) is 45.3 Å². The number of thiazole rings is 4. The molecule has 216 valence electrons. The lowest BCUT2D eigenvalue weighted by atomic mass is 10.2. The molecule has 0 N–H and O–H groups in total. The summed E-state index contributed by atoms with van der Waals surface area (Å²) < 4.78 is 54.7. The molecule has 2 aromatic carbocycles. The first-order chi connectivity index (χ1) is 21.3. The van der Waals surface area contributed by atoms with Crippen LogP contribution in [-0.2, 0) is 0 Å². The molecule has 0 bridgehead atoms. The maximum atomic E-state index is 13.7. The Kier molecular flexibility index (Phi) is 7.00. The number of hydrogen-bond donors (Lipinski definition) is 0. The molecular formula is C30H12F4N4S6. The second-order valence-electron chi connectivity index (χ2n) is 9.35. The Morgan fingerprint density at radius 2 is 0.773 bits per heavy atom. The first kappa shape index (κ1) is 27.9. The van der Waals surface area contributed by atoms with Gasteiger partial charge >= 0.3 is 0 Å². The van der Waals surface area contributed by atoms with Crippen molar-refractivity contribution in [1.29, 1.82) is 0 Å². The molecule has 0 aliphatic rings. The zero-order valence-electron chi connectivity index (χ0n) is 21.7. The fourth-order valence-electron chi connectivity index (χ4n) is 4.42. The minimum atomic E-state index is -0.634. The summed E-state index contributed by atoms with van der Waals surface area (Å²) >= 11 is 8.97. The van der Waals surface area contributed by atoms with E-state index in [1.807, 2.05) is 24.3 Å². The summed E-state index contributed by atoms with van der Waals surface area (Å²) in [6, 6.07) is 14.8. The lowest BCUT2D eigenvalue weighted by molar-refractivity contribution is 0.583. The summed E-state index contributed by atoms with van der Waals surface area (Å²) in [7, 11) is 0. The molecule has 44 heavy (non-hydrogen) atoms. The molecule has 0 unspecified atom stereocenters. The number of aromatic nitrogens is 4. The predicted molar refractivity (Wildman–Crippen MR) is 175 cm³/mol. The zero-order chi connectivity index (χ0) is 29.9. The molecule has 0 radical (unpaired) electrons. The molecule has 0 saturated carbocycles. The van der Waals surface area contributed by atoms with Crippen LogP contribution in [-0.4, -0.2) is 19.9 Å². The van der Waals surface area contributed by atoms with E-state index >= 15 is 0 Å². The van der Waals surface area contributed by atoms with Crippen LogP contribution in [0.4, 0.5) is 17.6 Å². The minimum Gasteiger partial charge on any atom is -0.244 e. The van der Waals surface area contributed by atoms with E-state index in [0.717, 1.165) is 61.1 Å². The molecule has 8 aromatic rings. The molecule has 0 aliphatic carbocycles. The van der Waals surface area contributed by atoms with Gasteiger partial charge < -0.3 is 0 Å². The molecule has 4 nitrogen and oxygen atoms in total. The van der Waals surface area contributed by atoms with Crippen LogP contribution in [0, 0.1) is 23.3 Å². The molecule has 14 heteroatoms. The average molecular weight is 697 g/mol. The Labute approximate surface area is 270 Å². The molecule has 6 aromatic heterocycles. The Bertz CT molecular complexity index is 2090. The quantitative estimate of drug-likeness (QED) is 0.162. The SMILES string of the molecule is Fc1cc(F)cc(-c2ncc(-c3ccc(-c4nc5sc(-c6ccc(-c7cnc(-c8cc(F)cc(F)c8)s7)s6)nc5s4)s3)s2)c1. The third-order valence-electron chi connectivity index (χ3n) is 6.33. The van der Waals surface area contributed by atoms with Crippen molar-refractivity contribution in [3.05, 3.63) is 96.3 Å². The summed E-state index contributed by atoms with van der Waals surface area (Å²) in [6.07, 6.45) is 3.44. The van der Waals surface area contributed by atoms with Crippen LogP contribution in [0.1, 0.15) is 0 Å². The lowest BCUT2D eigenvalue weighted by Gasteiger charge is -1.97. The van der Waals surface area contributed by atoms with Gasteiger partial charge in [-0.3, -0.25) is 0 Å². The van der Waals surface area contributed by atoms with Gasteiger partial charge in [-0.2, -0.15) is 0 Å². The van der Waals surface area contributed by atoms with Crippen molar-refractivity contribution in [2.75, 3.05) is 0 Å². The van der Waals surface area contributed by atoms with E-state index in [9.17, 15) is 17.6 Å². The van der Waals surface area contributed by atoms with Crippen LogP contribution in [0.25, 0.3) is 70.1 Å². The Hall–Kier alpha value is -3.66. The summed E-state index contributed by atoms with van der Waals surface area (Å²) in [6.45, 7) is 0. The number of nitrogens with zero attached hydrogens (tertiary/aromatic N) is 4. The van der Waals surface area contributed by atoms with E-state index < -0.39 is 23.3 Å². The average Bonchev–Trinajstić information content (AvgIpc) is 3.81. The number of hydrogen-bond acceptors (Lipinski definition) is 10. The molecule has 0 saturated heterocycles. The molecule has 0 amide bonds. The van der Waals surface area contributed by atoms with E-state index in [-0.39, 0.29) is 0 Å². The normalized spacial score (nSPS) is 11.6. The second kappa shape index (κ2) is 11.1. The van der Waals surface area contributed by atoms with Gasteiger partial charge in [-0.1, -0.05) is 22.7 Å². The smallest absolute Gasteiger partial charge is 0.155 e. The summed E-state index contributed by atoms with van der Waals surface area (Å²) in [5, 5.41) is 2.84. The van der Waals surface area contributed by atoms with Crippen molar-refractivity contribution < 1.29 is 17.6 Å². The maximum Gasteiger partial charge on any atom is 0.155 e. The van der Waals surface area contributed by atoms with Gasteiger partial charge in [0.05, 0.1) is 19.5 Å². The number of fused-ring (bicyclic) bond motifs is 1. The highest BCUT2D eigenvalue weighted by Gasteiger charge is 2.18. The monoisotopic (exact) mass is 696 g/mol. The highest BCUT2D eigenvalue weighted by Crippen LogP contribution is 2.45. The highest BCUT2D eigenvalue weighted by molar-refractivity contribution is 7.33. The first-order valence-electron chi connectivity index (χ1n) is 12.7. The van der Waals surface area contributed by atoms with Gasteiger partial charge in [0.25, 0.3) is 0 Å². The molecule has 0 fully saturated rings. The van der Waals surface area contributed by atoms with E-state index in [4.69, 9.17) is 9.97 Å². The lowest BCUT2D eigenvalue weighted by Crippen LogP contribution is -1.82. The topological polar surface area (TPSA) is 51.6 Å². The summed E-state index contributed by atoms with van der Waals surface area (Å²) in [5.41, 5.74) is 0.820. The van der Waals surface area contributed by atoms with Crippen molar-refractivity contribution in [3.63, 3.8) is 0 Å². The van der Waals surface area contributed by atoms with E-state index in [1.165, 1.54) is 69.6 Å². The first-order valence-corrected chi connectivity index (χ1v) is 17.6. The van der Waals surface area contributed by atoms with Crippen LogP contribution >= 0.6 is 68.0 Å². The molecule has 0 aliphatic heterocycles.